The zero-order valence-corrected chi connectivity index (χ0v) is 10.1. The number of aliphatic hydroxyl groups is 1. The van der Waals surface area contributed by atoms with Gasteiger partial charge in [-0.15, -0.1) is 0 Å². The highest BCUT2D eigenvalue weighted by Crippen LogP contribution is 2.14. The van der Waals surface area contributed by atoms with E-state index in [4.69, 9.17) is 10.5 Å². The van der Waals surface area contributed by atoms with Gasteiger partial charge in [-0.25, -0.2) is 0 Å². The standard InChI is InChI=1S/C13H21NO2/c1-11-4-6-12(7-5-11)16-9-3-8-13(2,15)10-14/h4-7,15H,3,8-10,14H2,1-2H3. The summed E-state index contributed by atoms with van der Waals surface area (Å²) in [5.74, 6) is 0.873. The molecule has 3 N–H and O–H groups in total. The van der Waals surface area contributed by atoms with Crippen LogP contribution < -0.4 is 10.5 Å². The molecule has 0 spiro atoms. The van der Waals surface area contributed by atoms with Crippen LogP contribution in [0.4, 0.5) is 0 Å². The maximum absolute atomic E-state index is 9.68. The molecule has 0 aliphatic heterocycles. The first-order valence-electron chi connectivity index (χ1n) is 5.65. The lowest BCUT2D eigenvalue weighted by atomic mass is 10.0. The molecular formula is C13H21NO2. The number of hydrogen-bond donors (Lipinski definition) is 2. The fourth-order valence-electron chi connectivity index (χ4n) is 1.38. The van der Waals surface area contributed by atoms with Crippen LogP contribution in [0.2, 0.25) is 0 Å². The van der Waals surface area contributed by atoms with E-state index in [2.05, 4.69) is 0 Å². The smallest absolute Gasteiger partial charge is 0.119 e. The molecule has 0 fully saturated rings. The van der Waals surface area contributed by atoms with Crippen molar-refractivity contribution in [3.8, 4) is 5.75 Å². The average Bonchev–Trinajstić information content (AvgIpc) is 2.27. The number of benzene rings is 1. The molecule has 90 valence electrons. The Kier molecular flexibility index (Phi) is 4.77. The molecule has 1 aromatic rings. The highest BCUT2D eigenvalue weighted by atomic mass is 16.5. The molecule has 0 saturated heterocycles. The van der Waals surface area contributed by atoms with E-state index in [-0.39, 0.29) is 6.54 Å². The first-order chi connectivity index (χ1) is 7.53. The Balaban J connectivity index is 2.23. The van der Waals surface area contributed by atoms with Gasteiger partial charge in [0.25, 0.3) is 0 Å². The van der Waals surface area contributed by atoms with Crippen molar-refractivity contribution in [2.24, 2.45) is 5.73 Å². The summed E-state index contributed by atoms with van der Waals surface area (Å²) in [6.45, 7) is 4.69. The van der Waals surface area contributed by atoms with Crippen molar-refractivity contribution in [1.82, 2.24) is 0 Å². The summed E-state index contributed by atoms with van der Waals surface area (Å²) in [6, 6.07) is 7.95. The van der Waals surface area contributed by atoms with E-state index in [1.807, 2.05) is 31.2 Å². The molecular weight excluding hydrogens is 202 g/mol. The van der Waals surface area contributed by atoms with Gasteiger partial charge in [-0.3, -0.25) is 0 Å². The molecule has 0 amide bonds. The van der Waals surface area contributed by atoms with Gasteiger partial charge < -0.3 is 15.6 Å². The van der Waals surface area contributed by atoms with Crippen molar-refractivity contribution in [1.29, 1.82) is 0 Å². The lowest BCUT2D eigenvalue weighted by Gasteiger charge is -2.20. The van der Waals surface area contributed by atoms with Crippen LogP contribution in [0, 0.1) is 6.92 Å². The van der Waals surface area contributed by atoms with Crippen LogP contribution in [0.3, 0.4) is 0 Å². The lowest BCUT2D eigenvalue weighted by Crippen LogP contribution is -2.34. The molecule has 0 aromatic heterocycles. The van der Waals surface area contributed by atoms with Crippen molar-refractivity contribution in [2.45, 2.75) is 32.3 Å². The summed E-state index contributed by atoms with van der Waals surface area (Å²) >= 11 is 0. The van der Waals surface area contributed by atoms with Crippen molar-refractivity contribution in [2.75, 3.05) is 13.2 Å². The molecule has 3 nitrogen and oxygen atoms in total. The van der Waals surface area contributed by atoms with Crippen molar-refractivity contribution >= 4 is 0 Å². The minimum atomic E-state index is -0.767. The summed E-state index contributed by atoms with van der Waals surface area (Å²) in [7, 11) is 0. The van der Waals surface area contributed by atoms with E-state index in [9.17, 15) is 5.11 Å². The number of nitrogens with two attached hydrogens (primary N) is 1. The van der Waals surface area contributed by atoms with E-state index < -0.39 is 5.60 Å². The summed E-state index contributed by atoms with van der Waals surface area (Å²) in [4.78, 5) is 0. The zero-order valence-electron chi connectivity index (χ0n) is 10.1. The van der Waals surface area contributed by atoms with Gasteiger partial charge in [0, 0.05) is 6.54 Å². The minimum Gasteiger partial charge on any atom is -0.494 e. The predicted molar refractivity (Wildman–Crippen MR) is 65.6 cm³/mol. The highest BCUT2D eigenvalue weighted by Gasteiger charge is 2.16. The summed E-state index contributed by atoms with van der Waals surface area (Å²) in [5.41, 5.74) is 5.88. The van der Waals surface area contributed by atoms with Crippen LogP contribution in [0.15, 0.2) is 24.3 Å². The Hall–Kier alpha value is -1.06. The van der Waals surface area contributed by atoms with Gasteiger partial charge in [-0.2, -0.15) is 0 Å². The molecule has 1 unspecified atom stereocenters. The van der Waals surface area contributed by atoms with Crippen molar-refractivity contribution in [3.05, 3.63) is 29.8 Å². The second-order valence-corrected chi connectivity index (χ2v) is 4.47. The molecule has 16 heavy (non-hydrogen) atoms. The monoisotopic (exact) mass is 223 g/mol. The molecule has 1 aromatic carbocycles. The lowest BCUT2D eigenvalue weighted by molar-refractivity contribution is 0.0536. The van der Waals surface area contributed by atoms with Gasteiger partial charge in [0.05, 0.1) is 12.2 Å². The Labute approximate surface area is 97.2 Å². The quantitative estimate of drug-likeness (QED) is 0.724. The van der Waals surface area contributed by atoms with E-state index in [0.29, 0.717) is 13.0 Å². The van der Waals surface area contributed by atoms with E-state index >= 15 is 0 Å². The van der Waals surface area contributed by atoms with Crippen molar-refractivity contribution < 1.29 is 9.84 Å². The van der Waals surface area contributed by atoms with Crippen LogP contribution >= 0.6 is 0 Å². The molecule has 0 saturated carbocycles. The summed E-state index contributed by atoms with van der Waals surface area (Å²) in [6.07, 6.45) is 1.47. The number of rotatable bonds is 6. The minimum absolute atomic E-state index is 0.289. The van der Waals surface area contributed by atoms with E-state index in [1.54, 1.807) is 6.92 Å². The SMILES string of the molecule is Cc1ccc(OCCCC(C)(O)CN)cc1. The van der Waals surface area contributed by atoms with Crippen LogP contribution in [-0.4, -0.2) is 23.9 Å². The van der Waals surface area contributed by atoms with Crippen molar-refractivity contribution in [3.63, 3.8) is 0 Å². The molecule has 0 aliphatic carbocycles. The number of ether oxygens (including phenoxy) is 1. The molecule has 3 heteroatoms. The Bertz CT molecular complexity index is 306. The Morgan fingerprint density at radius 3 is 2.50 bits per heavy atom. The molecule has 0 aliphatic rings. The first kappa shape index (κ1) is 13.0. The first-order valence-corrected chi connectivity index (χ1v) is 5.65. The summed E-state index contributed by atoms with van der Waals surface area (Å²) < 4.78 is 5.55. The fourth-order valence-corrected chi connectivity index (χ4v) is 1.38. The van der Waals surface area contributed by atoms with Crippen LogP contribution in [-0.2, 0) is 0 Å². The predicted octanol–water partition coefficient (Wildman–Crippen LogP) is 1.86. The molecule has 1 atom stereocenters. The third-order valence-electron chi connectivity index (χ3n) is 2.59. The molecule has 1 rings (SSSR count). The molecule has 0 radical (unpaired) electrons. The van der Waals surface area contributed by atoms with Crippen LogP contribution in [0.1, 0.15) is 25.3 Å². The topological polar surface area (TPSA) is 55.5 Å². The number of aryl methyl sites for hydroxylation is 1. The fraction of sp³-hybridized carbons (Fsp3) is 0.538. The third kappa shape index (κ3) is 4.64. The molecule has 0 bridgehead atoms. The Morgan fingerprint density at radius 2 is 1.94 bits per heavy atom. The van der Waals surface area contributed by atoms with Gasteiger partial charge in [0.15, 0.2) is 0 Å². The number of hydrogen-bond acceptors (Lipinski definition) is 3. The van der Waals surface area contributed by atoms with Gasteiger partial charge >= 0.3 is 0 Å². The largest absolute Gasteiger partial charge is 0.494 e. The third-order valence-corrected chi connectivity index (χ3v) is 2.59. The average molecular weight is 223 g/mol. The van der Waals surface area contributed by atoms with Crippen LogP contribution in [0.25, 0.3) is 0 Å². The summed E-state index contributed by atoms with van der Waals surface area (Å²) in [5, 5.41) is 9.68. The maximum atomic E-state index is 9.68. The van der Waals surface area contributed by atoms with Gasteiger partial charge in [0.2, 0.25) is 0 Å². The van der Waals surface area contributed by atoms with Gasteiger partial charge in [0.1, 0.15) is 5.75 Å². The second-order valence-electron chi connectivity index (χ2n) is 4.47. The zero-order chi connectivity index (χ0) is 12.0. The maximum Gasteiger partial charge on any atom is 0.119 e. The van der Waals surface area contributed by atoms with E-state index in [0.717, 1.165) is 12.2 Å². The highest BCUT2D eigenvalue weighted by molar-refractivity contribution is 5.26. The normalized spacial score (nSPS) is 14.5. The van der Waals surface area contributed by atoms with Gasteiger partial charge in [-0.05, 0) is 38.8 Å². The Morgan fingerprint density at radius 1 is 1.31 bits per heavy atom. The second kappa shape index (κ2) is 5.87. The van der Waals surface area contributed by atoms with Gasteiger partial charge in [-0.1, -0.05) is 17.7 Å². The molecule has 0 heterocycles. The van der Waals surface area contributed by atoms with E-state index in [1.165, 1.54) is 5.56 Å². The van der Waals surface area contributed by atoms with Crippen LogP contribution in [0.5, 0.6) is 5.75 Å².